The molecule has 1 rings (SSSR count). The van der Waals surface area contributed by atoms with E-state index >= 15 is 0 Å². The predicted octanol–water partition coefficient (Wildman–Crippen LogP) is 2.34. The van der Waals surface area contributed by atoms with Crippen LogP contribution in [-0.4, -0.2) is 5.11 Å². The van der Waals surface area contributed by atoms with Crippen molar-refractivity contribution in [1.82, 2.24) is 0 Å². The Kier molecular flexibility index (Phi) is 5.38. The Morgan fingerprint density at radius 3 is 2.36 bits per heavy atom. The maximum absolute atomic E-state index is 9.00. The molecule has 0 heterocycles. The van der Waals surface area contributed by atoms with Gasteiger partial charge in [0.15, 0.2) is 0 Å². The van der Waals surface area contributed by atoms with Crippen LogP contribution in [0, 0.1) is 6.92 Å². The van der Waals surface area contributed by atoms with Crippen LogP contribution in [0.5, 0.6) is 5.75 Å². The van der Waals surface area contributed by atoms with Gasteiger partial charge >= 0.3 is 19.8 Å². The first-order valence-electron chi connectivity index (χ1n) is 2.80. The number of aryl methyl sites for hydroxylation is 1. The van der Waals surface area contributed by atoms with Crippen LogP contribution in [0.4, 0.5) is 0 Å². The maximum atomic E-state index is 9.00. The first-order valence-corrected chi connectivity index (χ1v) is 4.08. The third-order valence-corrected chi connectivity index (χ3v) is 1.74. The van der Waals surface area contributed by atoms with Crippen molar-refractivity contribution < 1.29 is 24.9 Å². The summed E-state index contributed by atoms with van der Waals surface area (Å²) in [5.74, 6) is 0.292. The Labute approximate surface area is 81.8 Å². The molecule has 61 valence electrons. The molecule has 0 amide bonds. The molecule has 0 aliphatic rings. The van der Waals surface area contributed by atoms with Crippen molar-refractivity contribution >= 4 is 15.9 Å². The van der Waals surface area contributed by atoms with Gasteiger partial charge in [0.1, 0.15) is 5.75 Å². The quantitative estimate of drug-likeness (QED) is 0.725. The fraction of sp³-hybridized carbons (Fsp3) is 0.143. The molecule has 1 aromatic carbocycles. The molecule has 0 unspecified atom stereocenters. The summed E-state index contributed by atoms with van der Waals surface area (Å²) in [5, 5.41) is 9.00. The minimum absolute atomic E-state index is 0.292. The molecular weight excluding hydrogens is 251 g/mol. The van der Waals surface area contributed by atoms with E-state index in [4.69, 9.17) is 8.94 Å². The zero-order valence-electron chi connectivity index (χ0n) is 5.84. The minimum atomic E-state index is 0.292. The number of rotatable bonds is 0. The first-order chi connectivity index (χ1) is 5.20. The number of hydrogen-bond donors (Lipinski definition) is 1. The van der Waals surface area contributed by atoms with E-state index in [1.54, 1.807) is 22.0 Å². The number of halogens is 1. The number of aromatic hydroxyl groups is 1. The van der Waals surface area contributed by atoms with Crippen LogP contribution in [0.25, 0.3) is 0 Å². The summed E-state index contributed by atoms with van der Waals surface area (Å²) in [6.07, 6.45) is 0. The molecule has 0 bridgehead atoms. The topological polar surface area (TPSA) is 37.3 Å². The van der Waals surface area contributed by atoms with Gasteiger partial charge in [-0.25, -0.2) is 0 Å². The van der Waals surface area contributed by atoms with Gasteiger partial charge in [-0.2, -0.15) is 0 Å². The van der Waals surface area contributed by atoms with Gasteiger partial charge in [0.25, 0.3) is 0 Å². The number of phenolic OH excluding ortho intramolecular Hbond substituents is 1. The van der Waals surface area contributed by atoms with Gasteiger partial charge in [-0.15, -0.1) is 0 Å². The van der Waals surface area contributed by atoms with Crippen molar-refractivity contribution in [1.29, 1.82) is 0 Å². The Balaban J connectivity index is 0.000000461. The summed E-state index contributed by atoms with van der Waals surface area (Å²) in [5.41, 5.74) is 1.14. The number of phenols is 1. The van der Waals surface area contributed by atoms with Crippen molar-refractivity contribution in [3.05, 3.63) is 28.2 Å². The summed E-state index contributed by atoms with van der Waals surface area (Å²) in [6.45, 7) is 1.98. The van der Waals surface area contributed by atoms with Crippen LogP contribution in [-0.2, 0) is 19.8 Å². The van der Waals surface area contributed by atoms with Gasteiger partial charge in [-0.1, -0.05) is 6.07 Å². The van der Waals surface area contributed by atoms with Crippen LogP contribution < -0.4 is 0 Å². The molecule has 0 radical (unpaired) electrons. The van der Waals surface area contributed by atoms with Crippen molar-refractivity contribution in [2.24, 2.45) is 0 Å². The van der Waals surface area contributed by atoms with E-state index in [1.807, 2.05) is 19.1 Å². The van der Waals surface area contributed by atoms with Gasteiger partial charge in [0.2, 0.25) is 0 Å². The molecule has 1 N–H and O–H groups in total. The van der Waals surface area contributed by atoms with E-state index in [2.05, 4.69) is 15.9 Å². The van der Waals surface area contributed by atoms with E-state index < -0.39 is 0 Å². The normalized spacial score (nSPS) is 8.18. The second-order valence-electron chi connectivity index (χ2n) is 1.95. The van der Waals surface area contributed by atoms with E-state index in [0.717, 1.165) is 10.0 Å². The molecule has 0 fully saturated rings. The molecule has 11 heavy (non-hydrogen) atoms. The fourth-order valence-corrected chi connectivity index (χ4v) is 1.11. The molecular formula is C7H7BrMnO2. The molecule has 0 aliphatic heterocycles. The second kappa shape index (κ2) is 5.47. The van der Waals surface area contributed by atoms with Crippen LogP contribution in [0.15, 0.2) is 22.7 Å². The molecule has 0 aliphatic carbocycles. The summed E-state index contributed by atoms with van der Waals surface area (Å²) < 4.78 is 8.81. The van der Waals surface area contributed by atoms with Crippen molar-refractivity contribution in [3.63, 3.8) is 0 Å². The Morgan fingerprint density at radius 1 is 1.45 bits per heavy atom. The van der Waals surface area contributed by atoms with E-state index in [9.17, 15) is 0 Å². The SMILES string of the molecule is Cc1ccc(O)c(Br)c1.[O]=[Mn]. The van der Waals surface area contributed by atoms with Crippen LogP contribution in [0.2, 0.25) is 0 Å². The third-order valence-electron chi connectivity index (χ3n) is 1.10. The molecule has 1 aromatic rings. The van der Waals surface area contributed by atoms with Crippen molar-refractivity contribution in [2.45, 2.75) is 6.92 Å². The summed E-state index contributed by atoms with van der Waals surface area (Å²) in [6, 6.07) is 5.40. The molecule has 0 aromatic heterocycles. The molecule has 0 saturated heterocycles. The molecule has 2 nitrogen and oxygen atoms in total. The van der Waals surface area contributed by atoms with Gasteiger partial charge in [-0.3, -0.25) is 0 Å². The Bertz CT molecular complexity index is 240. The standard InChI is InChI=1S/C7H7BrO.Mn.O/c1-5-2-3-7(9)6(8)4-5;;/h2-4,9H,1H3;;. The van der Waals surface area contributed by atoms with Gasteiger partial charge < -0.3 is 5.11 Å². The van der Waals surface area contributed by atoms with Crippen LogP contribution >= 0.6 is 15.9 Å². The van der Waals surface area contributed by atoms with Gasteiger partial charge in [0.05, 0.1) is 4.47 Å². The monoisotopic (exact) mass is 257 g/mol. The summed E-state index contributed by atoms with van der Waals surface area (Å²) in [4.78, 5) is 0. The van der Waals surface area contributed by atoms with Crippen LogP contribution in [0.1, 0.15) is 5.56 Å². The Morgan fingerprint density at radius 2 is 2.00 bits per heavy atom. The van der Waals surface area contributed by atoms with E-state index in [0.29, 0.717) is 5.75 Å². The fourth-order valence-electron chi connectivity index (χ4n) is 0.612. The third kappa shape index (κ3) is 3.65. The predicted molar refractivity (Wildman–Crippen MR) is 41.2 cm³/mol. The summed E-state index contributed by atoms with van der Waals surface area (Å²) >= 11 is 4.88. The zero-order chi connectivity index (χ0) is 8.85. The molecule has 0 saturated carbocycles. The Hall–Kier alpha value is -0.181. The van der Waals surface area contributed by atoms with Crippen molar-refractivity contribution in [2.75, 3.05) is 0 Å². The van der Waals surface area contributed by atoms with Gasteiger partial charge in [-0.05, 0) is 40.5 Å². The zero-order valence-corrected chi connectivity index (χ0v) is 8.61. The first kappa shape index (κ1) is 10.8. The van der Waals surface area contributed by atoms with Crippen LogP contribution in [0.3, 0.4) is 0 Å². The summed E-state index contributed by atoms with van der Waals surface area (Å²) in [7, 11) is 0. The second-order valence-corrected chi connectivity index (χ2v) is 2.81. The average Bonchev–Trinajstić information content (AvgIpc) is 2.02. The molecule has 0 spiro atoms. The molecule has 0 atom stereocenters. The number of benzene rings is 1. The van der Waals surface area contributed by atoms with Crippen molar-refractivity contribution in [3.8, 4) is 5.75 Å². The molecule has 4 heteroatoms. The van der Waals surface area contributed by atoms with E-state index in [1.165, 1.54) is 0 Å². The number of hydrogen-bond acceptors (Lipinski definition) is 2. The van der Waals surface area contributed by atoms with E-state index in [-0.39, 0.29) is 0 Å². The van der Waals surface area contributed by atoms with Gasteiger partial charge in [0, 0.05) is 0 Å². The average molecular weight is 258 g/mol.